The Kier molecular flexibility index (Phi) is 30.2. The van der Waals surface area contributed by atoms with Gasteiger partial charge in [-0.05, 0) is 42.5 Å². The summed E-state index contributed by atoms with van der Waals surface area (Å²) < 4.78 is 0. The van der Waals surface area contributed by atoms with E-state index >= 15 is 0 Å². The summed E-state index contributed by atoms with van der Waals surface area (Å²) in [5, 5.41) is 0. The Morgan fingerprint density at radius 3 is 0.875 bits per heavy atom. The van der Waals surface area contributed by atoms with Gasteiger partial charge in [-0.15, -0.1) is 23.5 Å². The van der Waals surface area contributed by atoms with Crippen LogP contribution in [0, 0.1) is 0 Å². The molecule has 0 atom stereocenters. The first kappa shape index (κ1) is 37.9. The minimum atomic E-state index is 1.28. The van der Waals surface area contributed by atoms with Crippen LogP contribution in [0.2, 0.25) is 0 Å². The minimum Gasteiger partial charge on any atom is -0.126 e. The molecule has 0 heterocycles. The van der Waals surface area contributed by atoms with Gasteiger partial charge in [0.2, 0.25) is 0 Å². The Labute approximate surface area is 261 Å². The average molecular weight is 591 g/mol. The second-order valence-electron chi connectivity index (χ2n) is 12.4. The van der Waals surface area contributed by atoms with E-state index in [9.17, 15) is 0 Å². The van der Waals surface area contributed by atoms with Gasteiger partial charge in [0.05, 0.1) is 0 Å². The number of rotatable bonds is 32. The molecule has 0 aliphatic heterocycles. The predicted molar refractivity (Wildman–Crippen MR) is 189 cm³/mol. The molecule has 1 aromatic rings. The van der Waals surface area contributed by atoms with E-state index < -0.39 is 0 Å². The third-order valence-corrected chi connectivity index (χ3v) is 10.5. The standard InChI is InChI=1S/C38H70S2/c1-3-5-7-9-11-13-15-17-19-21-23-25-27-29-34-39-37-32-31-33-38(36-37)40-35-30-28-26-24-22-20-18-16-14-12-10-8-6-4-2/h31-33,36H,3-30,34-35H2,1-2H3. The van der Waals surface area contributed by atoms with Crippen molar-refractivity contribution in [1.82, 2.24) is 0 Å². The molecule has 0 aliphatic rings. The second-order valence-corrected chi connectivity index (χ2v) is 14.7. The normalized spacial score (nSPS) is 11.4. The Bertz CT molecular complexity index is 564. The molecule has 0 nitrogen and oxygen atoms in total. The fraction of sp³-hybridized carbons (Fsp3) is 0.842. The van der Waals surface area contributed by atoms with Crippen molar-refractivity contribution in [2.24, 2.45) is 0 Å². The van der Waals surface area contributed by atoms with Gasteiger partial charge in [0.25, 0.3) is 0 Å². The first-order chi connectivity index (χ1) is 19.9. The van der Waals surface area contributed by atoms with Gasteiger partial charge in [-0.2, -0.15) is 0 Å². The Hall–Kier alpha value is -0.0800. The summed E-state index contributed by atoms with van der Waals surface area (Å²) in [6.07, 6.45) is 40.4. The maximum Gasteiger partial charge on any atom is 0.00830 e. The summed E-state index contributed by atoms with van der Waals surface area (Å²) in [7, 11) is 0. The SMILES string of the molecule is CCCCCCCCCCCCCCCCSc1cccc(SCCCCCCCCCCCCCCCC)c1. The van der Waals surface area contributed by atoms with Crippen LogP contribution in [0.1, 0.15) is 194 Å². The summed E-state index contributed by atoms with van der Waals surface area (Å²) in [6.45, 7) is 4.61. The molecular weight excluding hydrogens is 521 g/mol. The van der Waals surface area contributed by atoms with Crippen molar-refractivity contribution in [2.45, 2.75) is 203 Å². The number of hydrogen-bond donors (Lipinski definition) is 0. The van der Waals surface area contributed by atoms with Crippen molar-refractivity contribution >= 4 is 23.5 Å². The lowest BCUT2D eigenvalue weighted by Gasteiger charge is -2.06. The Morgan fingerprint density at radius 1 is 0.350 bits per heavy atom. The quantitative estimate of drug-likeness (QED) is 0.0604. The van der Waals surface area contributed by atoms with Crippen LogP contribution < -0.4 is 0 Å². The Morgan fingerprint density at radius 2 is 0.600 bits per heavy atom. The summed E-state index contributed by atoms with van der Waals surface area (Å²) in [5.74, 6) is 2.57. The third-order valence-electron chi connectivity index (χ3n) is 8.34. The summed E-state index contributed by atoms with van der Waals surface area (Å²) in [4.78, 5) is 2.95. The van der Waals surface area contributed by atoms with Gasteiger partial charge >= 0.3 is 0 Å². The molecule has 0 bridgehead atoms. The van der Waals surface area contributed by atoms with Crippen molar-refractivity contribution in [3.8, 4) is 0 Å². The van der Waals surface area contributed by atoms with Gasteiger partial charge in [0.1, 0.15) is 0 Å². The molecule has 0 fully saturated rings. The van der Waals surface area contributed by atoms with E-state index in [1.807, 2.05) is 0 Å². The first-order valence-corrected chi connectivity index (χ1v) is 20.2. The zero-order valence-electron chi connectivity index (χ0n) is 27.3. The molecule has 40 heavy (non-hydrogen) atoms. The third kappa shape index (κ3) is 26.8. The maximum atomic E-state index is 2.43. The monoisotopic (exact) mass is 590 g/mol. The zero-order chi connectivity index (χ0) is 28.6. The molecule has 0 unspecified atom stereocenters. The maximum absolute atomic E-state index is 2.43. The van der Waals surface area contributed by atoms with Crippen molar-refractivity contribution in [2.75, 3.05) is 11.5 Å². The van der Waals surface area contributed by atoms with Crippen molar-refractivity contribution in [1.29, 1.82) is 0 Å². The van der Waals surface area contributed by atoms with Crippen molar-refractivity contribution in [3.63, 3.8) is 0 Å². The van der Waals surface area contributed by atoms with E-state index in [-0.39, 0.29) is 0 Å². The largest absolute Gasteiger partial charge is 0.126 e. The van der Waals surface area contributed by atoms with Crippen molar-refractivity contribution in [3.05, 3.63) is 24.3 Å². The first-order valence-electron chi connectivity index (χ1n) is 18.2. The smallest absolute Gasteiger partial charge is 0.00830 e. The molecule has 2 heteroatoms. The van der Waals surface area contributed by atoms with Crippen LogP contribution in [0.15, 0.2) is 34.1 Å². The zero-order valence-corrected chi connectivity index (χ0v) is 29.0. The molecule has 0 saturated heterocycles. The lowest BCUT2D eigenvalue weighted by Crippen LogP contribution is -1.86. The molecule has 1 rings (SSSR count). The lowest BCUT2D eigenvalue weighted by molar-refractivity contribution is 0.538. The van der Waals surface area contributed by atoms with Gasteiger partial charge < -0.3 is 0 Å². The molecule has 1 aromatic carbocycles. The van der Waals surface area contributed by atoms with Crippen LogP contribution in [-0.2, 0) is 0 Å². The Balaban J connectivity index is 1.86. The van der Waals surface area contributed by atoms with Crippen LogP contribution >= 0.6 is 23.5 Å². The van der Waals surface area contributed by atoms with Gasteiger partial charge in [-0.3, -0.25) is 0 Å². The summed E-state index contributed by atoms with van der Waals surface area (Å²) >= 11 is 4.14. The van der Waals surface area contributed by atoms with E-state index in [4.69, 9.17) is 0 Å². The highest BCUT2D eigenvalue weighted by atomic mass is 32.2. The molecule has 234 valence electrons. The lowest BCUT2D eigenvalue weighted by atomic mass is 10.0. The second kappa shape index (κ2) is 31.8. The fourth-order valence-electron chi connectivity index (χ4n) is 5.63. The predicted octanol–water partition coefficient (Wildman–Crippen LogP) is 14.8. The average Bonchev–Trinajstić information content (AvgIpc) is 2.97. The molecule has 0 radical (unpaired) electrons. The summed E-state index contributed by atoms with van der Waals surface area (Å²) in [6, 6.07) is 9.32. The molecule has 0 spiro atoms. The molecule has 0 saturated carbocycles. The molecule has 0 amide bonds. The molecule has 0 N–H and O–H groups in total. The highest BCUT2D eigenvalue weighted by Crippen LogP contribution is 2.27. The van der Waals surface area contributed by atoms with E-state index in [1.54, 1.807) is 0 Å². The van der Waals surface area contributed by atoms with Crippen LogP contribution in [0.3, 0.4) is 0 Å². The van der Waals surface area contributed by atoms with E-state index in [0.717, 1.165) is 0 Å². The number of unbranched alkanes of at least 4 members (excludes halogenated alkanes) is 26. The molecule has 0 aliphatic carbocycles. The highest BCUT2D eigenvalue weighted by Gasteiger charge is 2.00. The van der Waals surface area contributed by atoms with Crippen molar-refractivity contribution < 1.29 is 0 Å². The van der Waals surface area contributed by atoms with Gasteiger partial charge in [-0.25, -0.2) is 0 Å². The number of hydrogen-bond acceptors (Lipinski definition) is 2. The molecule has 0 aromatic heterocycles. The van der Waals surface area contributed by atoms with E-state index in [1.165, 1.54) is 201 Å². The van der Waals surface area contributed by atoms with Crippen LogP contribution in [0.25, 0.3) is 0 Å². The summed E-state index contributed by atoms with van der Waals surface area (Å²) in [5.41, 5.74) is 0. The van der Waals surface area contributed by atoms with E-state index in [0.29, 0.717) is 0 Å². The highest BCUT2D eigenvalue weighted by molar-refractivity contribution is 8.00. The van der Waals surface area contributed by atoms with Crippen LogP contribution in [0.4, 0.5) is 0 Å². The number of benzene rings is 1. The van der Waals surface area contributed by atoms with E-state index in [2.05, 4.69) is 61.6 Å². The van der Waals surface area contributed by atoms with Gasteiger partial charge in [-0.1, -0.05) is 187 Å². The molecular formula is C38H70S2. The minimum absolute atomic E-state index is 1.28. The topological polar surface area (TPSA) is 0 Å². The number of thioether (sulfide) groups is 2. The van der Waals surface area contributed by atoms with Crippen LogP contribution in [0.5, 0.6) is 0 Å². The van der Waals surface area contributed by atoms with Crippen LogP contribution in [-0.4, -0.2) is 11.5 Å². The van der Waals surface area contributed by atoms with Gasteiger partial charge in [0.15, 0.2) is 0 Å². The van der Waals surface area contributed by atoms with Gasteiger partial charge in [0, 0.05) is 9.79 Å². The fourth-order valence-corrected chi connectivity index (χ4v) is 7.64.